The van der Waals surface area contributed by atoms with Crippen molar-refractivity contribution in [2.75, 3.05) is 20.8 Å². The highest BCUT2D eigenvalue weighted by Crippen LogP contribution is 2.40. The molecule has 374 valence electrons. The van der Waals surface area contributed by atoms with Crippen LogP contribution < -0.4 is 4.74 Å². The van der Waals surface area contributed by atoms with Crippen molar-refractivity contribution in [3.05, 3.63) is 79.1 Å². The van der Waals surface area contributed by atoms with Crippen molar-refractivity contribution < 1.29 is 58.2 Å². The number of ketones is 2. The van der Waals surface area contributed by atoms with Gasteiger partial charge in [-0.2, -0.15) is 0 Å². The number of amides is 1. The van der Waals surface area contributed by atoms with Crippen molar-refractivity contribution in [1.82, 2.24) is 9.47 Å². The zero-order chi connectivity index (χ0) is 49.4. The first kappa shape index (κ1) is 52.9. The number of carbonyl (C=O) groups excluding carboxylic acids is 4. The summed E-state index contributed by atoms with van der Waals surface area (Å²) in [4.78, 5) is 58.5. The molecule has 1 aromatic heterocycles. The second kappa shape index (κ2) is 23.4. The third-order valence-electron chi connectivity index (χ3n) is 14.9. The van der Waals surface area contributed by atoms with Gasteiger partial charge in [0, 0.05) is 68.6 Å². The van der Waals surface area contributed by atoms with Gasteiger partial charge in [-0.15, -0.1) is 13.2 Å². The Bertz CT molecular complexity index is 2180. The maximum Gasteiger partial charge on any atom is 0.329 e. The first-order valence-electron chi connectivity index (χ1n) is 24.7. The summed E-state index contributed by atoms with van der Waals surface area (Å²) in [5.41, 5.74) is 2.62. The van der Waals surface area contributed by atoms with Crippen molar-refractivity contribution in [2.45, 2.75) is 166 Å². The summed E-state index contributed by atoms with van der Waals surface area (Å²) in [5.74, 6) is -7.39. The Morgan fingerprint density at radius 2 is 1.65 bits per heavy atom. The van der Waals surface area contributed by atoms with Gasteiger partial charge in [-0.1, -0.05) is 50.6 Å². The molecule has 14 nitrogen and oxygen atoms in total. The number of cyclic esters (lactones) is 1. The minimum atomic E-state index is -2.53. The number of fused-ring (bicyclic) bond motifs is 4. The lowest BCUT2D eigenvalue weighted by molar-refractivity contribution is -0.302. The zero-order valence-electron chi connectivity index (χ0n) is 41.2. The standard InChI is InChI=1S/C54H76N2O12/c1-10-14-39-25-32(3)24-33(4)26-47(64-8)50-48(65-9)28-35(6)54(63,68-50)51(60)52(61)56-22-13-12-15-42(56)53(62)67-49(36(7)43(57)31-44(39)58)34(5)27-37-16-19-46(45(59)29-37)66-40-17-18-41-38(30-40)20-23-55(41)21-11-2/h10-11,17-18,20,23,25,27,30,33,35-37,39,42-43,45-50,57,59,63H,1-2,12-16,19,21-22,24,26,28-29,31H2,3-9H3/b32-25+,34-27?. The van der Waals surface area contributed by atoms with Crippen LogP contribution in [0.2, 0.25) is 0 Å². The Morgan fingerprint density at radius 3 is 2.34 bits per heavy atom. The quantitative estimate of drug-likeness (QED) is 0.124. The Morgan fingerprint density at radius 1 is 0.912 bits per heavy atom. The average molecular weight is 945 g/mol. The second-order valence-corrected chi connectivity index (χ2v) is 20.1. The highest BCUT2D eigenvalue weighted by atomic mass is 16.7. The number of Topliss-reactive ketones (excluding diaryl/α,β-unsaturated/α-hetero) is 2. The van der Waals surface area contributed by atoms with E-state index in [-0.39, 0.29) is 43.4 Å². The predicted molar refractivity (Wildman–Crippen MR) is 258 cm³/mol. The first-order chi connectivity index (χ1) is 32.4. The van der Waals surface area contributed by atoms with Gasteiger partial charge in [-0.3, -0.25) is 14.4 Å². The molecule has 6 rings (SSSR count). The van der Waals surface area contributed by atoms with E-state index in [4.69, 9.17) is 23.7 Å². The lowest BCUT2D eigenvalue weighted by atomic mass is 9.81. The van der Waals surface area contributed by atoms with E-state index in [2.05, 4.69) is 17.7 Å². The van der Waals surface area contributed by atoms with Crippen molar-refractivity contribution in [1.29, 1.82) is 0 Å². The lowest BCUT2D eigenvalue weighted by Crippen LogP contribution is -2.64. The highest BCUT2D eigenvalue weighted by Gasteiger charge is 2.56. The molecule has 1 aliphatic carbocycles. The summed E-state index contributed by atoms with van der Waals surface area (Å²) in [7, 11) is 3.05. The molecule has 3 fully saturated rings. The smallest absolute Gasteiger partial charge is 0.329 e. The zero-order valence-corrected chi connectivity index (χ0v) is 41.2. The van der Waals surface area contributed by atoms with Gasteiger partial charge in [-0.05, 0) is 120 Å². The molecule has 2 bridgehead atoms. The number of carbonyl (C=O) groups is 4. The van der Waals surface area contributed by atoms with E-state index in [0.29, 0.717) is 69.2 Å². The molecule has 1 amide bonds. The number of aromatic nitrogens is 1. The Labute approximate surface area is 402 Å². The Hall–Kier alpha value is -4.44. The third-order valence-corrected chi connectivity index (χ3v) is 14.9. The molecule has 0 spiro atoms. The summed E-state index contributed by atoms with van der Waals surface area (Å²) in [5, 5.41) is 36.5. The number of allylic oxidation sites excluding steroid dienone is 5. The number of esters is 1. The molecule has 2 aromatic rings. The van der Waals surface area contributed by atoms with Crippen LogP contribution in [0.1, 0.15) is 105 Å². The molecule has 3 aliphatic heterocycles. The number of rotatable bonds is 10. The fourth-order valence-corrected chi connectivity index (χ4v) is 11.0. The molecule has 14 atom stereocenters. The van der Waals surface area contributed by atoms with Gasteiger partial charge in [0.05, 0.1) is 24.4 Å². The maximum absolute atomic E-state index is 14.5. The fourth-order valence-electron chi connectivity index (χ4n) is 11.0. The number of hydrogen-bond donors (Lipinski definition) is 3. The topological polar surface area (TPSA) is 183 Å². The number of aliphatic hydroxyl groups excluding tert-OH is 2. The molecule has 68 heavy (non-hydrogen) atoms. The van der Waals surface area contributed by atoms with Gasteiger partial charge in [0.1, 0.15) is 35.9 Å². The summed E-state index contributed by atoms with van der Waals surface area (Å²) < 4.78 is 32.9. The second-order valence-electron chi connectivity index (χ2n) is 20.1. The van der Waals surface area contributed by atoms with Gasteiger partial charge in [0.15, 0.2) is 0 Å². The van der Waals surface area contributed by atoms with E-state index in [0.717, 1.165) is 16.5 Å². The molecule has 4 heterocycles. The maximum atomic E-state index is 14.5. The van der Waals surface area contributed by atoms with Crippen LogP contribution in [0.4, 0.5) is 0 Å². The minimum absolute atomic E-state index is 0.00531. The summed E-state index contributed by atoms with van der Waals surface area (Å²) in [6, 6.07) is 6.72. The van der Waals surface area contributed by atoms with Crippen LogP contribution >= 0.6 is 0 Å². The van der Waals surface area contributed by atoms with E-state index in [1.165, 1.54) is 19.1 Å². The molecular formula is C54H76N2O12. The normalized spacial score (nSPS) is 36.2. The molecule has 14 heteroatoms. The molecule has 4 aliphatic rings. The molecular weight excluding hydrogens is 869 g/mol. The Kier molecular flexibility index (Phi) is 18.2. The van der Waals surface area contributed by atoms with E-state index in [9.17, 15) is 34.5 Å². The highest BCUT2D eigenvalue weighted by molar-refractivity contribution is 6.39. The number of ether oxygens (including phenoxy) is 5. The monoisotopic (exact) mass is 945 g/mol. The number of aliphatic hydroxyl groups is 3. The number of benzene rings is 1. The van der Waals surface area contributed by atoms with Crippen LogP contribution in [-0.2, 0) is 44.7 Å². The van der Waals surface area contributed by atoms with Crippen molar-refractivity contribution in [3.63, 3.8) is 0 Å². The van der Waals surface area contributed by atoms with Gasteiger partial charge in [0.25, 0.3) is 11.7 Å². The van der Waals surface area contributed by atoms with Crippen molar-refractivity contribution >= 4 is 34.3 Å². The van der Waals surface area contributed by atoms with Gasteiger partial charge in [-0.25, -0.2) is 4.79 Å². The van der Waals surface area contributed by atoms with Crippen LogP contribution in [0.15, 0.2) is 79.1 Å². The van der Waals surface area contributed by atoms with E-state index in [1.54, 1.807) is 19.9 Å². The molecule has 2 saturated heterocycles. The number of nitrogens with zero attached hydrogens (tertiary/aromatic N) is 2. The fraction of sp³-hybridized carbons (Fsp3) is 0.630. The van der Waals surface area contributed by atoms with E-state index in [1.807, 2.05) is 69.5 Å². The van der Waals surface area contributed by atoms with Gasteiger partial charge >= 0.3 is 5.97 Å². The largest absolute Gasteiger partial charge is 0.488 e. The summed E-state index contributed by atoms with van der Waals surface area (Å²) in [6.45, 7) is 17.7. The molecule has 3 N–H and O–H groups in total. The van der Waals surface area contributed by atoms with Crippen LogP contribution in [0, 0.1) is 29.6 Å². The van der Waals surface area contributed by atoms with Crippen LogP contribution in [0.5, 0.6) is 5.75 Å². The van der Waals surface area contributed by atoms with Gasteiger partial charge < -0.3 is 48.5 Å². The van der Waals surface area contributed by atoms with Crippen LogP contribution in [-0.4, -0.2) is 124 Å². The molecule has 1 saturated carbocycles. The summed E-state index contributed by atoms with van der Waals surface area (Å²) in [6.07, 6.45) is 8.04. The molecule has 0 radical (unpaired) electrons. The van der Waals surface area contributed by atoms with Crippen LogP contribution in [0.25, 0.3) is 10.9 Å². The number of piperidine rings is 1. The predicted octanol–water partition coefficient (Wildman–Crippen LogP) is 7.21. The van der Waals surface area contributed by atoms with Crippen molar-refractivity contribution in [3.8, 4) is 5.75 Å². The molecule has 1 aromatic carbocycles. The molecule has 14 unspecified atom stereocenters. The Balaban J connectivity index is 1.29. The van der Waals surface area contributed by atoms with Crippen LogP contribution in [0.3, 0.4) is 0 Å². The lowest BCUT2D eigenvalue weighted by Gasteiger charge is -2.47. The summed E-state index contributed by atoms with van der Waals surface area (Å²) >= 11 is 0. The first-order valence-corrected chi connectivity index (χ1v) is 24.7. The minimum Gasteiger partial charge on any atom is -0.488 e. The number of methoxy groups -OCH3 is 2. The third kappa shape index (κ3) is 12.1. The van der Waals surface area contributed by atoms with Crippen molar-refractivity contribution in [2.24, 2.45) is 29.6 Å². The number of hydrogen-bond acceptors (Lipinski definition) is 12. The van der Waals surface area contributed by atoms with E-state index >= 15 is 0 Å². The van der Waals surface area contributed by atoms with Gasteiger partial charge in [0.2, 0.25) is 5.79 Å². The average Bonchev–Trinajstić information content (AvgIpc) is 3.71. The van der Waals surface area contributed by atoms with E-state index < -0.39 is 90.0 Å². The SMILES string of the molecule is C=CCC1/C=C(\C)CC(C)CC(OC)C2OC(O)(C(=O)C(=O)N3CCCCC3C(=O)OC(C(C)=CC3CCC(Oc4ccc5c(ccn5CC=C)c4)C(O)C3)C(C)C(O)CC1=O)C(C)CC2OC.